The number of hydrogen-bond acceptors (Lipinski definition) is 7. The first kappa shape index (κ1) is 10.8. The summed E-state index contributed by atoms with van der Waals surface area (Å²) in [6.45, 7) is 0. The fraction of sp³-hybridized carbons (Fsp3) is 0.125. The lowest BCUT2D eigenvalue weighted by molar-refractivity contribution is 0.318. The van der Waals surface area contributed by atoms with Gasteiger partial charge in [-0.1, -0.05) is 5.16 Å². The van der Waals surface area contributed by atoms with Gasteiger partial charge in [0.25, 0.3) is 0 Å². The molecule has 0 saturated heterocycles. The van der Waals surface area contributed by atoms with Gasteiger partial charge >= 0.3 is 6.01 Å². The third-order valence-corrected chi connectivity index (χ3v) is 1.77. The van der Waals surface area contributed by atoms with Gasteiger partial charge in [-0.3, -0.25) is 4.68 Å². The number of hydrogen-bond donors (Lipinski definition) is 2. The van der Waals surface area contributed by atoms with Crippen LogP contribution in [-0.4, -0.2) is 35.8 Å². The fourth-order valence-corrected chi connectivity index (χ4v) is 1.01. The van der Waals surface area contributed by atoms with Gasteiger partial charge in [-0.05, 0) is 0 Å². The Morgan fingerprint density at radius 2 is 2.24 bits per heavy atom. The molecule has 0 aromatic carbocycles. The Morgan fingerprint density at radius 1 is 1.41 bits per heavy atom. The van der Waals surface area contributed by atoms with Crippen LogP contribution in [0, 0.1) is 0 Å². The van der Waals surface area contributed by atoms with Crippen molar-refractivity contribution in [2.24, 2.45) is 17.9 Å². The first-order valence-corrected chi connectivity index (χ1v) is 4.52. The average Bonchev–Trinajstić information content (AvgIpc) is 2.75. The number of nitrogens with two attached hydrogens (primary N) is 1. The molecule has 2 aromatic rings. The third kappa shape index (κ3) is 2.45. The Hall–Kier alpha value is -2.71. The molecule has 9 heteroatoms. The maximum absolute atomic E-state index is 8.44. The zero-order valence-corrected chi connectivity index (χ0v) is 8.85. The number of rotatable bonds is 3. The number of oxime groups is 1. The van der Waals surface area contributed by atoms with Crippen LogP contribution in [0.2, 0.25) is 0 Å². The SMILES string of the molecule is Cn1cnc(Oc2cnc(C(N)=NO)cn2)n1. The number of amidine groups is 1. The normalized spacial score (nSPS) is 11.5. The molecule has 0 aliphatic carbocycles. The van der Waals surface area contributed by atoms with Gasteiger partial charge < -0.3 is 15.7 Å². The maximum Gasteiger partial charge on any atom is 0.342 e. The molecule has 3 N–H and O–H groups in total. The van der Waals surface area contributed by atoms with Crippen molar-refractivity contribution in [3.8, 4) is 11.9 Å². The quantitative estimate of drug-likeness (QED) is 0.317. The summed E-state index contributed by atoms with van der Waals surface area (Å²) >= 11 is 0. The van der Waals surface area contributed by atoms with E-state index in [1.54, 1.807) is 7.05 Å². The van der Waals surface area contributed by atoms with E-state index < -0.39 is 0 Å². The van der Waals surface area contributed by atoms with Gasteiger partial charge in [0.15, 0.2) is 5.84 Å². The number of ether oxygens (including phenoxy) is 1. The smallest absolute Gasteiger partial charge is 0.342 e. The molecule has 0 aliphatic heterocycles. The zero-order chi connectivity index (χ0) is 12.3. The van der Waals surface area contributed by atoms with Crippen molar-refractivity contribution in [2.75, 3.05) is 0 Å². The molecule has 0 bridgehead atoms. The van der Waals surface area contributed by atoms with E-state index >= 15 is 0 Å². The van der Waals surface area contributed by atoms with Crippen LogP contribution < -0.4 is 10.5 Å². The van der Waals surface area contributed by atoms with E-state index in [1.807, 2.05) is 0 Å². The Kier molecular flexibility index (Phi) is 2.81. The molecule has 0 radical (unpaired) electrons. The lowest BCUT2D eigenvalue weighted by Gasteiger charge is -2.00. The minimum absolute atomic E-state index is 0.125. The van der Waals surface area contributed by atoms with Crippen LogP contribution in [0.15, 0.2) is 23.9 Å². The second-order valence-corrected chi connectivity index (χ2v) is 3.03. The van der Waals surface area contributed by atoms with Crippen molar-refractivity contribution in [3.63, 3.8) is 0 Å². The number of aryl methyl sites for hydroxylation is 1. The topological polar surface area (TPSA) is 124 Å². The van der Waals surface area contributed by atoms with Crippen molar-refractivity contribution < 1.29 is 9.94 Å². The summed E-state index contributed by atoms with van der Waals surface area (Å²) in [5.74, 6) is 0.0886. The van der Waals surface area contributed by atoms with Crippen molar-refractivity contribution in [3.05, 3.63) is 24.4 Å². The lowest BCUT2D eigenvalue weighted by atomic mass is 10.4. The second kappa shape index (κ2) is 4.43. The first-order valence-electron chi connectivity index (χ1n) is 4.52. The molecule has 2 heterocycles. The van der Waals surface area contributed by atoms with Crippen molar-refractivity contribution in [2.45, 2.75) is 0 Å². The van der Waals surface area contributed by atoms with E-state index in [9.17, 15) is 0 Å². The molecule has 0 saturated carbocycles. The van der Waals surface area contributed by atoms with Gasteiger partial charge in [0.1, 0.15) is 12.0 Å². The van der Waals surface area contributed by atoms with Gasteiger partial charge in [-0.15, -0.1) is 5.10 Å². The van der Waals surface area contributed by atoms with E-state index in [4.69, 9.17) is 15.7 Å². The molecule has 0 unspecified atom stereocenters. The molecular weight excluding hydrogens is 226 g/mol. The Bertz CT molecular complexity index is 533. The van der Waals surface area contributed by atoms with Gasteiger partial charge in [0, 0.05) is 7.05 Å². The van der Waals surface area contributed by atoms with Gasteiger partial charge in [0.2, 0.25) is 5.88 Å². The highest BCUT2D eigenvalue weighted by Gasteiger charge is 2.06. The second-order valence-electron chi connectivity index (χ2n) is 3.03. The van der Waals surface area contributed by atoms with E-state index in [1.165, 1.54) is 23.4 Å². The average molecular weight is 235 g/mol. The van der Waals surface area contributed by atoms with E-state index in [-0.39, 0.29) is 23.4 Å². The van der Waals surface area contributed by atoms with E-state index in [0.29, 0.717) is 0 Å². The minimum Gasteiger partial charge on any atom is -0.409 e. The van der Waals surface area contributed by atoms with Crippen LogP contribution in [0.3, 0.4) is 0 Å². The molecule has 17 heavy (non-hydrogen) atoms. The molecular formula is C8H9N7O2. The summed E-state index contributed by atoms with van der Waals surface area (Å²) in [6, 6.07) is 0.165. The molecule has 2 rings (SSSR count). The van der Waals surface area contributed by atoms with E-state index in [0.717, 1.165) is 0 Å². The van der Waals surface area contributed by atoms with Crippen molar-refractivity contribution in [1.29, 1.82) is 0 Å². The monoisotopic (exact) mass is 235 g/mol. The van der Waals surface area contributed by atoms with Crippen molar-refractivity contribution >= 4 is 5.84 Å². The molecule has 2 aromatic heterocycles. The maximum atomic E-state index is 8.44. The van der Waals surface area contributed by atoms with Crippen LogP contribution in [0.1, 0.15) is 5.69 Å². The standard InChI is InChI=1S/C8H9N7O2/c1-15-4-12-8(13-15)17-6-3-10-5(2-11-6)7(9)14-16/h2-4,16H,1H3,(H2,9,14). The molecule has 0 fully saturated rings. The van der Waals surface area contributed by atoms with Crippen molar-refractivity contribution in [1.82, 2.24) is 24.7 Å². The summed E-state index contributed by atoms with van der Waals surface area (Å²) < 4.78 is 6.70. The Labute approximate surface area is 95.6 Å². The van der Waals surface area contributed by atoms with Crippen LogP contribution >= 0.6 is 0 Å². The Morgan fingerprint density at radius 3 is 2.76 bits per heavy atom. The molecule has 0 amide bonds. The minimum atomic E-state index is -0.125. The lowest BCUT2D eigenvalue weighted by Crippen LogP contribution is -2.15. The molecule has 0 atom stereocenters. The van der Waals surface area contributed by atoms with E-state index in [2.05, 4.69) is 25.2 Å². The molecule has 9 nitrogen and oxygen atoms in total. The van der Waals surface area contributed by atoms with Gasteiger partial charge in [-0.2, -0.15) is 4.98 Å². The highest BCUT2D eigenvalue weighted by Crippen LogP contribution is 2.12. The molecule has 0 aliphatic rings. The predicted octanol–water partition coefficient (Wildman–Crippen LogP) is -0.508. The first-order chi connectivity index (χ1) is 8.19. The van der Waals surface area contributed by atoms with Gasteiger partial charge in [-0.25, -0.2) is 9.97 Å². The van der Waals surface area contributed by atoms with Gasteiger partial charge in [0.05, 0.1) is 12.4 Å². The van der Waals surface area contributed by atoms with Crippen LogP contribution in [0.4, 0.5) is 0 Å². The largest absolute Gasteiger partial charge is 0.409 e. The summed E-state index contributed by atoms with van der Waals surface area (Å²) in [4.78, 5) is 11.7. The predicted molar refractivity (Wildman–Crippen MR) is 55.6 cm³/mol. The summed E-state index contributed by atoms with van der Waals surface area (Å²) in [7, 11) is 1.72. The van der Waals surface area contributed by atoms with Crippen LogP contribution in [0.5, 0.6) is 11.9 Å². The molecule has 88 valence electrons. The highest BCUT2D eigenvalue weighted by atomic mass is 16.5. The summed E-state index contributed by atoms with van der Waals surface area (Å²) in [5, 5.41) is 15.1. The zero-order valence-electron chi connectivity index (χ0n) is 8.85. The highest BCUT2D eigenvalue weighted by molar-refractivity contribution is 5.94. The number of aromatic nitrogens is 5. The third-order valence-electron chi connectivity index (χ3n) is 1.77. The molecule has 0 spiro atoms. The summed E-state index contributed by atoms with van der Waals surface area (Å²) in [6.07, 6.45) is 4.13. The summed E-state index contributed by atoms with van der Waals surface area (Å²) in [5.41, 5.74) is 5.57. The van der Waals surface area contributed by atoms with Crippen LogP contribution in [-0.2, 0) is 7.05 Å². The Balaban J connectivity index is 2.13. The number of nitrogens with zero attached hydrogens (tertiary/aromatic N) is 6. The van der Waals surface area contributed by atoms with Crippen LogP contribution in [0.25, 0.3) is 0 Å². The fourth-order valence-electron chi connectivity index (χ4n) is 1.01.